The number of nitrogens with zero attached hydrogens (tertiary/aromatic N) is 2. The van der Waals surface area contributed by atoms with E-state index in [1.165, 1.54) is 12.1 Å². The average Bonchev–Trinajstić information content (AvgIpc) is 2.74. The molecule has 2 aromatic carbocycles. The molecule has 154 valence electrons. The fraction of sp³-hybridized carbons (Fsp3) is 0.318. The Morgan fingerprint density at radius 1 is 1.10 bits per heavy atom. The zero-order chi connectivity index (χ0) is 21.4. The number of rotatable bonds is 9. The van der Waals surface area contributed by atoms with Crippen LogP contribution in [0.15, 0.2) is 53.4 Å². The van der Waals surface area contributed by atoms with Gasteiger partial charge in [-0.2, -0.15) is 4.72 Å². The van der Waals surface area contributed by atoms with Crippen LogP contribution in [-0.4, -0.2) is 45.9 Å². The topological polar surface area (TPSA) is 69.7 Å². The molecule has 0 bridgehead atoms. The second-order valence-electron chi connectivity index (χ2n) is 6.56. The Morgan fingerprint density at radius 2 is 1.76 bits per heavy atom. The molecule has 2 rings (SSSR count). The van der Waals surface area contributed by atoms with E-state index in [4.69, 9.17) is 6.42 Å². The summed E-state index contributed by atoms with van der Waals surface area (Å²) in [5, 5.41) is 0. The maximum Gasteiger partial charge on any atom is 0.253 e. The van der Waals surface area contributed by atoms with E-state index in [1.807, 2.05) is 24.3 Å². The van der Waals surface area contributed by atoms with Crippen molar-refractivity contribution >= 4 is 21.6 Å². The molecule has 0 aliphatic carbocycles. The molecule has 6 nitrogen and oxygen atoms in total. The van der Waals surface area contributed by atoms with Gasteiger partial charge >= 0.3 is 0 Å². The Kier molecular flexibility index (Phi) is 7.82. The standard InChI is InChI=1S/C22H27N3O3S/c1-5-15-23-29(27,28)21-10-8-9-19(16-21)22(26)24(4)17-18-11-13-20(14-12-18)25(6-2)7-3/h1,8-14,16,23H,6-7,15,17H2,2-4H3. The third-order valence-electron chi connectivity index (χ3n) is 4.59. The smallest absolute Gasteiger partial charge is 0.253 e. The van der Waals surface area contributed by atoms with Crippen molar-refractivity contribution < 1.29 is 13.2 Å². The first-order valence-electron chi connectivity index (χ1n) is 9.45. The summed E-state index contributed by atoms with van der Waals surface area (Å²) in [5.74, 6) is 1.97. The van der Waals surface area contributed by atoms with E-state index in [2.05, 4.69) is 29.4 Å². The lowest BCUT2D eigenvalue weighted by atomic mass is 10.1. The van der Waals surface area contributed by atoms with Crippen LogP contribution in [0.5, 0.6) is 0 Å². The van der Waals surface area contributed by atoms with Crippen LogP contribution < -0.4 is 9.62 Å². The summed E-state index contributed by atoms with van der Waals surface area (Å²) >= 11 is 0. The molecule has 1 N–H and O–H groups in total. The van der Waals surface area contributed by atoms with E-state index in [0.717, 1.165) is 24.3 Å². The van der Waals surface area contributed by atoms with Crippen LogP contribution >= 0.6 is 0 Å². The first-order valence-corrected chi connectivity index (χ1v) is 10.9. The van der Waals surface area contributed by atoms with Gasteiger partial charge in [-0.3, -0.25) is 4.79 Å². The SMILES string of the molecule is C#CCNS(=O)(=O)c1cccc(C(=O)N(C)Cc2ccc(N(CC)CC)cc2)c1. The molecule has 1 amide bonds. The van der Waals surface area contributed by atoms with Gasteiger partial charge in [-0.1, -0.05) is 24.1 Å². The maximum atomic E-state index is 12.8. The Balaban J connectivity index is 2.12. The summed E-state index contributed by atoms with van der Waals surface area (Å²) in [6.07, 6.45) is 5.11. The number of nitrogens with one attached hydrogen (secondary N) is 1. The van der Waals surface area contributed by atoms with Gasteiger partial charge in [-0.15, -0.1) is 6.42 Å². The van der Waals surface area contributed by atoms with Crippen LogP contribution in [0.25, 0.3) is 0 Å². The normalized spacial score (nSPS) is 11.0. The summed E-state index contributed by atoms with van der Waals surface area (Å²) < 4.78 is 26.7. The van der Waals surface area contributed by atoms with Crippen LogP contribution in [0.3, 0.4) is 0 Å². The third kappa shape index (κ3) is 5.83. The van der Waals surface area contributed by atoms with E-state index >= 15 is 0 Å². The van der Waals surface area contributed by atoms with Gasteiger partial charge in [0.25, 0.3) is 5.91 Å². The molecule has 2 aromatic rings. The Labute approximate surface area is 173 Å². The number of carbonyl (C=O) groups is 1. The van der Waals surface area contributed by atoms with Crippen LogP contribution in [0.1, 0.15) is 29.8 Å². The minimum atomic E-state index is -3.75. The second kappa shape index (κ2) is 10.1. The van der Waals surface area contributed by atoms with Crippen molar-refractivity contribution in [2.45, 2.75) is 25.3 Å². The van der Waals surface area contributed by atoms with Gasteiger partial charge in [0.1, 0.15) is 0 Å². The van der Waals surface area contributed by atoms with Gasteiger partial charge in [-0.25, -0.2) is 8.42 Å². The lowest BCUT2D eigenvalue weighted by Gasteiger charge is -2.22. The Morgan fingerprint density at radius 3 is 2.34 bits per heavy atom. The molecule has 0 heterocycles. The molecule has 0 radical (unpaired) electrons. The van der Waals surface area contributed by atoms with Crippen molar-refractivity contribution in [2.75, 3.05) is 31.6 Å². The quantitative estimate of drug-likeness (QED) is 0.642. The first-order chi connectivity index (χ1) is 13.8. The molecule has 0 atom stereocenters. The highest BCUT2D eigenvalue weighted by Crippen LogP contribution is 2.17. The number of sulfonamides is 1. The first kappa shape index (κ1) is 22.5. The minimum Gasteiger partial charge on any atom is -0.372 e. The van der Waals surface area contributed by atoms with E-state index < -0.39 is 10.0 Å². The predicted molar refractivity (Wildman–Crippen MR) is 116 cm³/mol. The zero-order valence-electron chi connectivity index (χ0n) is 17.1. The summed E-state index contributed by atoms with van der Waals surface area (Å²) in [7, 11) is -2.06. The van der Waals surface area contributed by atoms with E-state index in [1.54, 1.807) is 24.1 Å². The van der Waals surface area contributed by atoms with Crippen molar-refractivity contribution in [3.05, 3.63) is 59.7 Å². The fourth-order valence-corrected chi connectivity index (χ4v) is 3.96. The Bertz CT molecular complexity index is 975. The monoisotopic (exact) mass is 413 g/mol. The molecule has 0 saturated heterocycles. The highest BCUT2D eigenvalue weighted by molar-refractivity contribution is 7.89. The maximum absolute atomic E-state index is 12.8. The molecular formula is C22H27N3O3S. The lowest BCUT2D eigenvalue weighted by Crippen LogP contribution is -2.27. The van der Waals surface area contributed by atoms with Gasteiger partial charge < -0.3 is 9.80 Å². The lowest BCUT2D eigenvalue weighted by molar-refractivity contribution is 0.0785. The molecule has 0 aromatic heterocycles. The largest absolute Gasteiger partial charge is 0.372 e. The van der Waals surface area contributed by atoms with Gasteiger partial charge in [0.2, 0.25) is 10.0 Å². The number of hydrogen-bond acceptors (Lipinski definition) is 4. The molecule has 29 heavy (non-hydrogen) atoms. The van der Waals surface area contributed by atoms with Crippen molar-refractivity contribution in [3.8, 4) is 12.3 Å². The van der Waals surface area contributed by atoms with Crippen molar-refractivity contribution in [3.63, 3.8) is 0 Å². The molecule has 7 heteroatoms. The van der Waals surface area contributed by atoms with Crippen LogP contribution in [0, 0.1) is 12.3 Å². The van der Waals surface area contributed by atoms with E-state index in [9.17, 15) is 13.2 Å². The van der Waals surface area contributed by atoms with Gasteiger partial charge in [-0.05, 0) is 49.7 Å². The van der Waals surface area contributed by atoms with Gasteiger partial charge in [0, 0.05) is 37.9 Å². The Hall–Kier alpha value is -2.82. The van der Waals surface area contributed by atoms with Gasteiger partial charge in [0.15, 0.2) is 0 Å². The third-order valence-corrected chi connectivity index (χ3v) is 5.99. The number of hydrogen-bond donors (Lipinski definition) is 1. The number of benzene rings is 2. The molecule has 0 fully saturated rings. The van der Waals surface area contributed by atoms with E-state index in [-0.39, 0.29) is 17.3 Å². The molecule has 0 spiro atoms. The molecule has 0 aliphatic heterocycles. The van der Waals surface area contributed by atoms with E-state index in [0.29, 0.717) is 12.1 Å². The summed E-state index contributed by atoms with van der Waals surface area (Å²) in [6, 6.07) is 14.0. The highest BCUT2D eigenvalue weighted by atomic mass is 32.2. The van der Waals surface area contributed by atoms with Crippen LogP contribution in [0.4, 0.5) is 5.69 Å². The minimum absolute atomic E-state index is 0.00979. The predicted octanol–water partition coefficient (Wildman–Crippen LogP) is 2.72. The number of carbonyl (C=O) groups excluding carboxylic acids is 1. The average molecular weight is 414 g/mol. The van der Waals surface area contributed by atoms with Crippen LogP contribution in [-0.2, 0) is 16.6 Å². The van der Waals surface area contributed by atoms with Gasteiger partial charge in [0.05, 0.1) is 11.4 Å². The molecule has 0 unspecified atom stereocenters. The fourth-order valence-electron chi connectivity index (χ4n) is 2.98. The summed E-state index contributed by atoms with van der Waals surface area (Å²) in [4.78, 5) is 16.6. The summed E-state index contributed by atoms with van der Waals surface area (Å²) in [5.41, 5.74) is 2.44. The molecule has 0 aliphatic rings. The second-order valence-corrected chi connectivity index (χ2v) is 8.32. The summed E-state index contributed by atoms with van der Waals surface area (Å²) in [6.45, 7) is 6.40. The molecular weight excluding hydrogens is 386 g/mol. The highest BCUT2D eigenvalue weighted by Gasteiger charge is 2.18. The number of anilines is 1. The van der Waals surface area contributed by atoms with Crippen molar-refractivity contribution in [2.24, 2.45) is 0 Å². The van der Waals surface area contributed by atoms with Crippen molar-refractivity contribution in [1.82, 2.24) is 9.62 Å². The number of terminal acetylenes is 1. The zero-order valence-corrected chi connectivity index (χ0v) is 17.9. The van der Waals surface area contributed by atoms with Crippen molar-refractivity contribution in [1.29, 1.82) is 0 Å². The number of amides is 1. The van der Waals surface area contributed by atoms with Crippen LogP contribution in [0.2, 0.25) is 0 Å². The molecule has 0 saturated carbocycles.